The fraction of sp³-hybridized carbons (Fsp3) is 0.625. The number of hydrogen-bond acceptors (Lipinski definition) is 3. The topological polar surface area (TPSA) is 43.8 Å². The Morgan fingerprint density at radius 3 is 2.48 bits per heavy atom. The number of rotatable bonds is 5. The second kappa shape index (κ2) is 9.70. The maximum absolute atomic E-state index is 11.8. The molecule has 1 saturated heterocycles. The molecule has 0 radical (unpaired) electrons. The number of nitrogens with zero attached hydrogens (tertiary/aromatic N) is 4. The Balaban J connectivity index is 1.21. The van der Waals surface area contributed by atoms with Crippen molar-refractivity contribution in [1.29, 1.82) is 0 Å². The van der Waals surface area contributed by atoms with Gasteiger partial charge in [0.05, 0.1) is 10.7 Å². The Bertz CT molecular complexity index is 895. The molecule has 2 amide bonds. The quantitative estimate of drug-likeness (QED) is 0.751. The molecule has 1 aliphatic carbocycles. The number of benzene rings is 1. The van der Waals surface area contributed by atoms with E-state index in [-0.39, 0.29) is 6.03 Å². The van der Waals surface area contributed by atoms with Gasteiger partial charge in [0.1, 0.15) is 0 Å². The van der Waals surface area contributed by atoms with Crippen LogP contribution < -0.4 is 10.2 Å². The third-order valence-electron chi connectivity index (χ3n) is 7.13. The minimum Gasteiger partial charge on any atom is -0.368 e. The van der Waals surface area contributed by atoms with Crippen molar-refractivity contribution in [3.05, 3.63) is 29.4 Å². The molecule has 2 heterocycles. The average molecular weight is 446 g/mol. The van der Waals surface area contributed by atoms with E-state index in [1.54, 1.807) is 19.0 Å². The van der Waals surface area contributed by atoms with Gasteiger partial charge < -0.3 is 19.7 Å². The molecule has 1 aliphatic heterocycles. The van der Waals surface area contributed by atoms with Gasteiger partial charge in [0.25, 0.3) is 0 Å². The highest BCUT2D eigenvalue weighted by Crippen LogP contribution is 2.34. The maximum Gasteiger partial charge on any atom is 0.317 e. The van der Waals surface area contributed by atoms with Crippen LogP contribution in [0.4, 0.5) is 10.5 Å². The molecule has 31 heavy (non-hydrogen) atoms. The molecule has 0 bridgehead atoms. The van der Waals surface area contributed by atoms with Crippen molar-refractivity contribution in [2.75, 3.05) is 51.7 Å². The SMILES string of the molecule is CN(C)C(=O)NC1CCC(CCN2CCN(c3ccc4c(ccn4C)c3Cl)CC2)CC1. The fourth-order valence-electron chi connectivity index (χ4n) is 5.02. The van der Waals surface area contributed by atoms with Gasteiger partial charge in [-0.25, -0.2) is 4.79 Å². The summed E-state index contributed by atoms with van der Waals surface area (Å²) in [6.07, 6.45) is 8.01. The van der Waals surface area contributed by atoms with Gasteiger partial charge in [-0.1, -0.05) is 11.6 Å². The summed E-state index contributed by atoms with van der Waals surface area (Å²) in [6, 6.07) is 6.85. The number of carbonyl (C=O) groups excluding carboxylic acids is 1. The predicted molar refractivity (Wildman–Crippen MR) is 129 cm³/mol. The molecule has 170 valence electrons. The Labute approximate surface area is 191 Å². The van der Waals surface area contributed by atoms with Crippen molar-refractivity contribution in [2.24, 2.45) is 13.0 Å². The number of amides is 2. The van der Waals surface area contributed by atoms with Crippen LogP contribution in [0.1, 0.15) is 32.1 Å². The van der Waals surface area contributed by atoms with Crippen LogP contribution in [0.25, 0.3) is 10.9 Å². The molecule has 2 aliphatic rings. The summed E-state index contributed by atoms with van der Waals surface area (Å²) in [7, 11) is 5.66. The van der Waals surface area contributed by atoms with E-state index >= 15 is 0 Å². The molecule has 1 N–H and O–H groups in total. The summed E-state index contributed by atoms with van der Waals surface area (Å²) in [5, 5.41) is 5.16. The summed E-state index contributed by atoms with van der Waals surface area (Å²) >= 11 is 6.75. The Kier molecular flexibility index (Phi) is 6.97. The predicted octanol–water partition coefficient (Wildman–Crippen LogP) is 4.17. The van der Waals surface area contributed by atoms with Crippen molar-refractivity contribution in [2.45, 2.75) is 38.1 Å². The normalized spacial score (nSPS) is 22.6. The Morgan fingerprint density at radius 1 is 1.10 bits per heavy atom. The van der Waals surface area contributed by atoms with E-state index in [1.807, 2.05) is 0 Å². The molecule has 4 rings (SSSR count). The van der Waals surface area contributed by atoms with Crippen LogP contribution >= 0.6 is 11.6 Å². The summed E-state index contributed by atoms with van der Waals surface area (Å²) < 4.78 is 2.12. The second-order valence-corrected chi connectivity index (χ2v) is 9.82. The van der Waals surface area contributed by atoms with Gasteiger partial charge in [-0.3, -0.25) is 4.90 Å². The summed E-state index contributed by atoms with van der Waals surface area (Å²) in [4.78, 5) is 18.5. The van der Waals surface area contributed by atoms with Crippen LogP contribution in [-0.4, -0.2) is 73.3 Å². The first-order valence-corrected chi connectivity index (χ1v) is 12.0. The first-order chi connectivity index (χ1) is 14.9. The Hall–Kier alpha value is -1.92. The molecular weight excluding hydrogens is 410 g/mol. The van der Waals surface area contributed by atoms with Crippen LogP contribution in [0.3, 0.4) is 0 Å². The van der Waals surface area contributed by atoms with E-state index in [0.29, 0.717) is 6.04 Å². The van der Waals surface area contributed by atoms with Gasteiger partial charge in [0, 0.05) is 70.5 Å². The lowest BCUT2D eigenvalue weighted by molar-refractivity contribution is 0.194. The molecule has 1 aromatic carbocycles. The van der Waals surface area contributed by atoms with E-state index in [9.17, 15) is 4.79 Å². The number of anilines is 1. The van der Waals surface area contributed by atoms with Gasteiger partial charge in [0.15, 0.2) is 0 Å². The van der Waals surface area contributed by atoms with Gasteiger partial charge >= 0.3 is 6.03 Å². The van der Waals surface area contributed by atoms with Gasteiger partial charge in [-0.05, 0) is 62.8 Å². The van der Waals surface area contributed by atoms with E-state index in [1.165, 1.54) is 31.3 Å². The lowest BCUT2D eigenvalue weighted by Crippen LogP contribution is -2.47. The van der Waals surface area contributed by atoms with Crippen LogP contribution in [0.5, 0.6) is 0 Å². The van der Waals surface area contributed by atoms with Crippen LogP contribution in [0.2, 0.25) is 5.02 Å². The summed E-state index contributed by atoms with van der Waals surface area (Å²) in [5.41, 5.74) is 2.35. The molecule has 0 atom stereocenters. The highest BCUT2D eigenvalue weighted by atomic mass is 35.5. The summed E-state index contributed by atoms with van der Waals surface area (Å²) in [5.74, 6) is 0.792. The molecule has 7 heteroatoms. The number of aromatic nitrogens is 1. The second-order valence-electron chi connectivity index (χ2n) is 9.44. The van der Waals surface area contributed by atoms with E-state index < -0.39 is 0 Å². The van der Waals surface area contributed by atoms with Crippen molar-refractivity contribution in [3.8, 4) is 0 Å². The van der Waals surface area contributed by atoms with Crippen molar-refractivity contribution in [1.82, 2.24) is 19.7 Å². The lowest BCUT2D eigenvalue weighted by Gasteiger charge is -2.37. The Morgan fingerprint density at radius 2 is 1.81 bits per heavy atom. The zero-order valence-electron chi connectivity index (χ0n) is 19.1. The van der Waals surface area contributed by atoms with E-state index in [4.69, 9.17) is 11.6 Å². The average Bonchev–Trinajstić information content (AvgIpc) is 3.15. The molecule has 2 aromatic rings. The van der Waals surface area contributed by atoms with Gasteiger partial charge in [0.2, 0.25) is 0 Å². The fourth-order valence-corrected chi connectivity index (χ4v) is 5.37. The number of piperazine rings is 1. The van der Waals surface area contributed by atoms with Crippen LogP contribution in [0.15, 0.2) is 24.4 Å². The number of carbonyl (C=O) groups is 1. The number of aryl methyl sites for hydroxylation is 1. The zero-order valence-corrected chi connectivity index (χ0v) is 19.9. The molecule has 1 saturated carbocycles. The zero-order chi connectivity index (χ0) is 22.0. The van der Waals surface area contributed by atoms with E-state index in [2.05, 4.69) is 51.1 Å². The minimum atomic E-state index is 0.0350. The number of nitrogens with one attached hydrogen (secondary N) is 1. The third kappa shape index (κ3) is 5.12. The monoisotopic (exact) mass is 445 g/mol. The number of urea groups is 1. The smallest absolute Gasteiger partial charge is 0.317 e. The third-order valence-corrected chi connectivity index (χ3v) is 7.53. The largest absolute Gasteiger partial charge is 0.368 e. The number of fused-ring (bicyclic) bond motifs is 1. The number of hydrogen-bond donors (Lipinski definition) is 1. The number of halogens is 1. The molecular formula is C24H36ClN5O. The minimum absolute atomic E-state index is 0.0350. The molecule has 0 spiro atoms. The molecule has 0 unspecified atom stereocenters. The van der Waals surface area contributed by atoms with E-state index in [0.717, 1.165) is 61.0 Å². The highest BCUT2D eigenvalue weighted by Gasteiger charge is 2.25. The molecule has 1 aromatic heterocycles. The van der Waals surface area contributed by atoms with Crippen molar-refractivity contribution >= 4 is 34.2 Å². The van der Waals surface area contributed by atoms with Crippen molar-refractivity contribution in [3.63, 3.8) is 0 Å². The van der Waals surface area contributed by atoms with Gasteiger partial charge in [-0.2, -0.15) is 0 Å². The van der Waals surface area contributed by atoms with Crippen LogP contribution in [-0.2, 0) is 7.05 Å². The van der Waals surface area contributed by atoms with Gasteiger partial charge in [-0.15, -0.1) is 0 Å². The molecule has 6 nitrogen and oxygen atoms in total. The van der Waals surface area contributed by atoms with Crippen LogP contribution in [0, 0.1) is 5.92 Å². The highest BCUT2D eigenvalue weighted by molar-refractivity contribution is 6.38. The first kappa shape index (κ1) is 22.3. The molecule has 2 fully saturated rings. The standard InChI is InChI=1S/C24H36ClN5O/c1-27(2)24(31)26-19-6-4-18(5-7-19)10-13-29-14-16-30(17-15-29)22-9-8-21-20(23(22)25)11-12-28(21)3/h8-9,11-12,18-19H,4-7,10,13-17H2,1-3H3,(H,26,31). The maximum atomic E-state index is 11.8. The lowest BCUT2D eigenvalue weighted by atomic mass is 9.84. The van der Waals surface area contributed by atoms with Crippen molar-refractivity contribution < 1.29 is 4.79 Å². The summed E-state index contributed by atoms with van der Waals surface area (Å²) in [6.45, 7) is 5.43. The first-order valence-electron chi connectivity index (χ1n) is 11.6.